The maximum Gasteiger partial charge on any atom is 0.426 e. The molecule has 2 aromatic rings. The molecule has 0 aliphatic rings. The van der Waals surface area contributed by atoms with Gasteiger partial charge in [-0.15, -0.1) is 0 Å². The van der Waals surface area contributed by atoms with Crippen molar-refractivity contribution in [3.05, 3.63) is 35.5 Å². The van der Waals surface area contributed by atoms with Gasteiger partial charge in [0.25, 0.3) is 0 Å². The van der Waals surface area contributed by atoms with E-state index in [0.717, 1.165) is 10.9 Å². The highest BCUT2D eigenvalue weighted by molar-refractivity contribution is 5.97. The number of aryl methyl sites for hydroxylation is 1. The standard InChI is InChI=1S/C19H26N2O4/c1-12-8-9-13-11-15(16(22)24-18(2,3)4)21(14(13)10-12)20-17(23)25-19(5,6)7/h8-11H,1-7H3,(H,20,23). The Hall–Kier alpha value is -2.50. The zero-order valence-corrected chi connectivity index (χ0v) is 15.9. The predicted octanol–water partition coefficient (Wildman–Crippen LogP) is 4.38. The highest BCUT2D eigenvalue weighted by Crippen LogP contribution is 2.23. The minimum atomic E-state index is -0.644. The van der Waals surface area contributed by atoms with E-state index >= 15 is 0 Å². The van der Waals surface area contributed by atoms with Gasteiger partial charge in [-0.25, -0.2) is 19.7 Å². The van der Waals surface area contributed by atoms with Gasteiger partial charge in [0.2, 0.25) is 0 Å². The summed E-state index contributed by atoms with van der Waals surface area (Å²) in [5.41, 5.74) is 3.30. The molecule has 6 nitrogen and oxygen atoms in total. The maximum absolute atomic E-state index is 12.6. The van der Waals surface area contributed by atoms with Crippen LogP contribution in [0.5, 0.6) is 0 Å². The van der Waals surface area contributed by atoms with Crippen LogP contribution in [0, 0.1) is 6.92 Å². The fraction of sp³-hybridized carbons (Fsp3) is 0.474. The number of amides is 1. The van der Waals surface area contributed by atoms with E-state index in [1.54, 1.807) is 47.6 Å². The molecule has 25 heavy (non-hydrogen) atoms. The quantitative estimate of drug-likeness (QED) is 0.819. The number of benzene rings is 1. The molecule has 1 amide bonds. The summed E-state index contributed by atoms with van der Waals surface area (Å²) in [6.07, 6.45) is -0.642. The molecular weight excluding hydrogens is 320 g/mol. The van der Waals surface area contributed by atoms with Gasteiger partial charge >= 0.3 is 12.1 Å². The number of carbonyl (C=O) groups is 2. The molecule has 2 rings (SSSR count). The molecule has 6 heteroatoms. The minimum absolute atomic E-state index is 0.237. The van der Waals surface area contributed by atoms with Crippen LogP contribution in [0.15, 0.2) is 24.3 Å². The van der Waals surface area contributed by atoms with Crippen molar-refractivity contribution in [2.75, 3.05) is 5.43 Å². The van der Waals surface area contributed by atoms with Crippen molar-refractivity contribution in [3.8, 4) is 0 Å². The van der Waals surface area contributed by atoms with Crippen LogP contribution in [-0.2, 0) is 9.47 Å². The molecule has 0 radical (unpaired) electrons. The topological polar surface area (TPSA) is 69.6 Å². The van der Waals surface area contributed by atoms with Crippen LogP contribution in [0.2, 0.25) is 0 Å². The van der Waals surface area contributed by atoms with Crippen molar-refractivity contribution in [1.82, 2.24) is 4.68 Å². The fourth-order valence-electron chi connectivity index (χ4n) is 2.30. The van der Waals surface area contributed by atoms with E-state index in [1.165, 1.54) is 4.68 Å². The van der Waals surface area contributed by atoms with Crippen LogP contribution in [-0.4, -0.2) is 27.9 Å². The maximum atomic E-state index is 12.6. The fourth-order valence-corrected chi connectivity index (χ4v) is 2.30. The first-order valence-corrected chi connectivity index (χ1v) is 8.21. The monoisotopic (exact) mass is 346 g/mol. The molecule has 1 heterocycles. The van der Waals surface area contributed by atoms with E-state index in [2.05, 4.69) is 5.43 Å². The molecule has 0 bridgehead atoms. The Kier molecular flexibility index (Phi) is 4.84. The number of carbonyl (C=O) groups excluding carboxylic acids is 2. The molecule has 1 aromatic heterocycles. The summed E-state index contributed by atoms with van der Waals surface area (Å²) in [7, 11) is 0. The van der Waals surface area contributed by atoms with E-state index in [4.69, 9.17) is 9.47 Å². The Labute approximate surface area is 148 Å². The van der Waals surface area contributed by atoms with Gasteiger partial charge in [0.05, 0.1) is 5.52 Å². The zero-order valence-electron chi connectivity index (χ0n) is 15.9. The summed E-state index contributed by atoms with van der Waals surface area (Å²) in [6, 6.07) is 7.42. The lowest BCUT2D eigenvalue weighted by atomic mass is 10.2. The third kappa shape index (κ3) is 4.98. The first-order chi connectivity index (χ1) is 11.4. The molecule has 0 aliphatic carbocycles. The van der Waals surface area contributed by atoms with Crippen LogP contribution in [0.1, 0.15) is 57.6 Å². The third-order valence-corrected chi connectivity index (χ3v) is 3.17. The zero-order chi connectivity index (χ0) is 19.0. The molecule has 0 spiro atoms. The lowest BCUT2D eigenvalue weighted by Gasteiger charge is -2.22. The van der Waals surface area contributed by atoms with Gasteiger partial charge in [-0.2, -0.15) is 0 Å². The second kappa shape index (κ2) is 6.43. The predicted molar refractivity (Wildman–Crippen MR) is 97.4 cm³/mol. The Bertz CT molecular complexity index is 807. The summed E-state index contributed by atoms with van der Waals surface area (Å²) < 4.78 is 12.2. The summed E-state index contributed by atoms with van der Waals surface area (Å²) in [5, 5.41) is 0.822. The van der Waals surface area contributed by atoms with E-state index in [1.807, 2.05) is 25.1 Å². The van der Waals surface area contributed by atoms with Crippen LogP contribution in [0.4, 0.5) is 4.79 Å². The number of ether oxygens (including phenoxy) is 2. The van der Waals surface area contributed by atoms with Gasteiger partial charge in [0.15, 0.2) is 0 Å². The number of nitrogens with one attached hydrogen (secondary N) is 1. The van der Waals surface area contributed by atoms with Crippen LogP contribution in [0.3, 0.4) is 0 Å². The molecule has 0 aliphatic heterocycles. The number of hydrogen-bond acceptors (Lipinski definition) is 4. The molecule has 0 saturated heterocycles. The number of nitrogens with zero attached hydrogens (tertiary/aromatic N) is 1. The largest absolute Gasteiger partial charge is 0.455 e. The molecule has 1 N–H and O–H groups in total. The van der Waals surface area contributed by atoms with Crippen LogP contribution in [0.25, 0.3) is 10.9 Å². The summed E-state index contributed by atoms with van der Waals surface area (Å²) >= 11 is 0. The lowest BCUT2D eigenvalue weighted by molar-refractivity contribution is 0.00598. The van der Waals surface area contributed by atoms with Crippen molar-refractivity contribution >= 4 is 23.0 Å². The SMILES string of the molecule is Cc1ccc2cc(C(=O)OC(C)(C)C)n(NC(=O)OC(C)(C)C)c2c1. The Morgan fingerprint density at radius 2 is 1.56 bits per heavy atom. The minimum Gasteiger partial charge on any atom is -0.455 e. The first-order valence-electron chi connectivity index (χ1n) is 8.21. The molecule has 0 saturated carbocycles. The number of fused-ring (bicyclic) bond motifs is 1. The number of esters is 1. The number of hydrogen-bond donors (Lipinski definition) is 1. The molecule has 1 aromatic carbocycles. The average molecular weight is 346 g/mol. The Morgan fingerprint density at radius 1 is 0.960 bits per heavy atom. The van der Waals surface area contributed by atoms with Gasteiger partial charge < -0.3 is 9.47 Å². The smallest absolute Gasteiger partial charge is 0.426 e. The third-order valence-electron chi connectivity index (χ3n) is 3.17. The number of aromatic nitrogens is 1. The van der Waals surface area contributed by atoms with E-state index in [0.29, 0.717) is 5.52 Å². The molecule has 0 atom stereocenters. The van der Waals surface area contributed by atoms with Crippen molar-refractivity contribution in [1.29, 1.82) is 0 Å². The highest BCUT2D eigenvalue weighted by atomic mass is 16.6. The van der Waals surface area contributed by atoms with Crippen molar-refractivity contribution in [2.24, 2.45) is 0 Å². The summed E-state index contributed by atoms with van der Waals surface area (Å²) in [6.45, 7) is 12.7. The van der Waals surface area contributed by atoms with E-state index in [-0.39, 0.29) is 5.69 Å². The van der Waals surface area contributed by atoms with Gasteiger partial charge in [-0.3, -0.25) is 0 Å². The van der Waals surface area contributed by atoms with Gasteiger partial charge in [-0.05, 0) is 66.2 Å². The summed E-state index contributed by atoms with van der Waals surface area (Å²) in [4.78, 5) is 24.8. The molecule has 0 fully saturated rings. The molecule has 0 unspecified atom stereocenters. The second-order valence-corrected chi connectivity index (χ2v) is 8.04. The van der Waals surface area contributed by atoms with Crippen molar-refractivity contribution in [3.63, 3.8) is 0 Å². The van der Waals surface area contributed by atoms with Crippen LogP contribution >= 0.6 is 0 Å². The number of rotatable bonds is 2. The lowest BCUT2D eigenvalue weighted by Crippen LogP contribution is -2.34. The highest BCUT2D eigenvalue weighted by Gasteiger charge is 2.25. The summed E-state index contributed by atoms with van der Waals surface area (Å²) in [5.74, 6) is -0.516. The van der Waals surface area contributed by atoms with Gasteiger partial charge in [0.1, 0.15) is 16.9 Å². The Morgan fingerprint density at radius 3 is 2.12 bits per heavy atom. The normalized spacial score (nSPS) is 12.1. The second-order valence-electron chi connectivity index (χ2n) is 8.04. The van der Waals surface area contributed by atoms with Gasteiger partial charge in [-0.1, -0.05) is 12.1 Å². The Balaban J connectivity index is 2.47. The van der Waals surface area contributed by atoms with Gasteiger partial charge in [0, 0.05) is 5.39 Å². The average Bonchev–Trinajstić information content (AvgIpc) is 2.73. The van der Waals surface area contributed by atoms with E-state index < -0.39 is 23.3 Å². The van der Waals surface area contributed by atoms with Crippen molar-refractivity contribution < 1.29 is 19.1 Å². The van der Waals surface area contributed by atoms with E-state index in [9.17, 15) is 9.59 Å². The molecular formula is C19H26N2O4. The van der Waals surface area contributed by atoms with Crippen molar-refractivity contribution in [2.45, 2.75) is 59.7 Å². The molecule has 136 valence electrons. The van der Waals surface area contributed by atoms with Crippen LogP contribution < -0.4 is 5.43 Å². The first kappa shape index (κ1) is 18.8.